The number of hydrogen-bond acceptors (Lipinski definition) is 2. The summed E-state index contributed by atoms with van der Waals surface area (Å²) in [6, 6.07) is 2.01. The van der Waals surface area contributed by atoms with Crippen LogP contribution in [0, 0.1) is 6.92 Å². The number of fused-ring (bicyclic) bond motifs is 1. The molecule has 1 atom stereocenters. The van der Waals surface area contributed by atoms with Crippen LogP contribution in [0.3, 0.4) is 0 Å². The maximum Gasteiger partial charge on any atom is 0.151 e. The lowest BCUT2D eigenvalue weighted by atomic mass is 10.3. The first kappa shape index (κ1) is 14.4. The number of nitrogens with zero attached hydrogens (tertiary/aromatic N) is 3. The molecule has 2 heterocycles. The van der Waals surface area contributed by atoms with Crippen molar-refractivity contribution in [1.29, 1.82) is 0 Å². The van der Waals surface area contributed by atoms with E-state index in [1.165, 1.54) is 0 Å². The Morgan fingerprint density at radius 1 is 1.42 bits per heavy atom. The highest BCUT2D eigenvalue weighted by Crippen LogP contribution is 2.19. The van der Waals surface area contributed by atoms with Crippen molar-refractivity contribution in [2.45, 2.75) is 32.4 Å². The average molecular weight is 342 g/mol. The van der Waals surface area contributed by atoms with Gasteiger partial charge in [0.2, 0.25) is 0 Å². The van der Waals surface area contributed by atoms with Crippen LogP contribution in [-0.4, -0.2) is 24.6 Å². The minimum atomic E-state index is -1.26. The van der Waals surface area contributed by atoms with Crippen LogP contribution in [0.25, 0.3) is 5.65 Å². The van der Waals surface area contributed by atoms with Gasteiger partial charge >= 0.3 is 0 Å². The molecule has 19 heavy (non-hydrogen) atoms. The van der Waals surface area contributed by atoms with E-state index in [0.717, 1.165) is 15.7 Å². The van der Waals surface area contributed by atoms with E-state index in [0.29, 0.717) is 5.69 Å². The fourth-order valence-electron chi connectivity index (χ4n) is 1.53. The highest BCUT2D eigenvalue weighted by molar-refractivity contribution is 9.10. The van der Waals surface area contributed by atoms with Gasteiger partial charge in [0.1, 0.15) is 16.7 Å². The molecular weight excluding hydrogens is 326 g/mol. The molecule has 0 aliphatic carbocycles. The van der Waals surface area contributed by atoms with E-state index in [9.17, 15) is 4.21 Å². The van der Waals surface area contributed by atoms with Gasteiger partial charge in [0.15, 0.2) is 5.65 Å². The number of aryl methyl sites for hydroxylation is 1. The summed E-state index contributed by atoms with van der Waals surface area (Å²) in [5.41, 5.74) is 2.66. The molecular formula is C13H16BrN3OS. The third-order valence-corrected chi connectivity index (χ3v) is 4.39. The predicted octanol–water partition coefficient (Wildman–Crippen LogP) is 3.29. The highest BCUT2D eigenvalue weighted by Gasteiger charge is 2.18. The zero-order chi connectivity index (χ0) is 14.2. The van der Waals surface area contributed by atoms with E-state index in [1.807, 2.05) is 50.6 Å². The van der Waals surface area contributed by atoms with Crippen molar-refractivity contribution >= 4 is 38.8 Å². The second kappa shape index (κ2) is 5.17. The highest BCUT2D eigenvalue weighted by atomic mass is 79.9. The third-order valence-electron chi connectivity index (χ3n) is 2.47. The molecule has 0 saturated heterocycles. The molecule has 2 aromatic heterocycles. The molecule has 0 spiro atoms. The summed E-state index contributed by atoms with van der Waals surface area (Å²) < 4.78 is 18.4. The molecule has 4 nitrogen and oxygen atoms in total. The molecule has 0 N–H and O–H groups in total. The van der Waals surface area contributed by atoms with Crippen LogP contribution >= 0.6 is 15.9 Å². The van der Waals surface area contributed by atoms with Crippen molar-refractivity contribution in [1.82, 2.24) is 9.38 Å². The lowest BCUT2D eigenvalue weighted by Crippen LogP contribution is -2.19. The lowest BCUT2D eigenvalue weighted by Gasteiger charge is -2.12. The van der Waals surface area contributed by atoms with Crippen molar-refractivity contribution in [2.75, 3.05) is 0 Å². The fraction of sp³-hybridized carbons (Fsp3) is 0.385. The quantitative estimate of drug-likeness (QED) is 0.787. The van der Waals surface area contributed by atoms with E-state index in [4.69, 9.17) is 0 Å². The maximum atomic E-state index is 11.8. The zero-order valence-electron chi connectivity index (χ0n) is 11.3. The zero-order valence-corrected chi connectivity index (χ0v) is 13.7. The van der Waals surface area contributed by atoms with Gasteiger partial charge in [-0.3, -0.25) is 0 Å². The maximum absolute atomic E-state index is 11.8. The van der Waals surface area contributed by atoms with Gasteiger partial charge in [-0.15, -0.1) is 0 Å². The molecule has 102 valence electrons. The number of hydrogen-bond donors (Lipinski definition) is 0. The Morgan fingerprint density at radius 2 is 2.11 bits per heavy atom. The summed E-state index contributed by atoms with van der Waals surface area (Å²) in [5.74, 6) is 0. The van der Waals surface area contributed by atoms with Crippen molar-refractivity contribution in [3.8, 4) is 0 Å². The summed E-state index contributed by atoms with van der Waals surface area (Å²) in [4.78, 5) is 4.44. The minimum absolute atomic E-state index is 0.354. The van der Waals surface area contributed by atoms with Crippen LogP contribution < -0.4 is 0 Å². The second-order valence-electron chi connectivity index (χ2n) is 5.36. The van der Waals surface area contributed by atoms with Crippen molar-refractivity contribution in [2.24, 2.45) is 4.40 Å². The van der Waals surface area contributed by atoms with Gasteiger partial charge in [-0.1, -0.05) is 0 Å². The Bertz CT molecular complexity index is 670. The first-order valence-corrected chi connectivity index (χ1v) is 7.78. The Labute approximate surface area is 123 Å². The van der Waals surface area contributed by atoms with E-state index in [-0.39, 0.29) is 4.75 Å². The number of rotatable bonds is 2. The molecule has 2 aromatic rings. The topological polar surface area (TPSA) is 46.7 Å². The van der Waals surface area contributed by atoms with E-state index < -0.39 is 11.0 Å². The molecule has 0 amide bonds. The molecule has 0 bridgehead atoms. The summed E-state index contributed by atoms with van der Waals surface area (Å²) in [6.07, 6.45) is 5.43. The summed E-state index contributed by atoms with van der Waals surface area (Å²) in [7, 11) is -1.26. The average Bonchev–Trinajstić information content (AvgIpc) is 2.67. The number of pyridine rings is 1. The van der Waals surface area contributed by atoms with Gasteiger partial charge in [0, 0.05) is 12.4 Å². The van der Waals surface area contributed by atoms with Crippen molar-refractivity contribution < 1.29 is 4.21 Å². The molecule has 0 aliphatic heterocycles. The van der Waals surface area contributed by atoms with Crippen LogP contribution in [0.15, 0.2) is 27.3 Å². The first-order chi connectivity index (χ1) is 8.77. The standard InChI is InChI=1S/C13H16BrN3OS/c1-9-5-11(14)12-16-10(8-17(12)7-9)6-15-19(18)13(2,3)4/h5-8H,1-4H3/b15-6+. The predicted molar refractivity (Wildman–Crippen MR) is 83.1 cm³/mol. The molecule has 1 unspecified atom stereocenters. The van der Waals surface area contributed by atoms with Crippen molar-refractivity contribution in [3.63, 3.8) is 0 Å². The number of halogens is 1. The smallest absolute Gasteiger partial charge is 0.151 e. The minimum Gasteiger partial charge on any atom is -0.305 e. The SMILES string of the molecule is Cc1cc(Br)c2nc(/C=N/S(=O)C(C)(C)C)cn2c1. The Morgan fingerprint density at radius 3 is 2.74 bits per heavy atom. The number of imidazole rings is 1. The lowest BCUT2D eigenvalue weighted by molar-refractivity contribution is 0.651. The summed E-state index contributed by atoms with van der Waals surface area (Å²) in [6.45, 7) is 7.70. The van der Waals surface area contributed by atoms with Crippen LogP contribution in [-0.2, 0) is 11.0 Å². The van der Waals surface area contributed by atoms with Gasteiger partial charge in [0.05, 0.1) is 15.4 Å². The molecule has 0 radical (unpaired) electrons. The first-order valence-electron chi connectivity index (χ1n) is 5.88. The molecule has 0 aromatic carbocycles. The van der Waals surface area contributed by atoms with Gasteiger partial charge in [-0.2, -0.15) is 4.40 Å². The van der Waals surface area contributed by atoms with Crippen molar-refractivity contribution in [3.05, 3.63) is 34.2 Å². The molecule has 6 heteroatoms. The molecule has 0 fully saturated rings. The molecule has 0 aliphatic rings. The van der Waals surface area contributed by atoms with Gasteiger partial charge < -0.3 is 4.40 Å². The molecule has 2 rings (SSSR count). The van der Waals surface area contributed by atoms with Crippen LogP contribution in [0.1, 0.15) is 32.0 Å². The Hall–Kier alpha value is -1.01. The largest absolute Gasteiger partial charge is 0.305 e. The van der Waals surface area contributed by atoms with Crippen LogP contribution in [0.4, 0.5) is 0 Å². The van der Waals surface area contributed by atoms with Gasteiger partial charge in [-0.05, 0) is 55.3 Å². The summed E-state index contributed by atoms with van der Waals surface area (Å²) in [5, 5.41) is 0. The fourth-order valence-corrected chi connectivity index (χ4v) is 2.71. The monoisotopic (exact) mass is 341 g/mol. The van der Waals surface area contributed by atoms with Crippen LogP contribution in [0.5, 0.6) is 0 Å². The number of aromatic nitrogens is 2. The Balaban J connectivity index is 2.35. The van der Waals surface area contributed by atoms with Crippen LogP contribution in [0.2, 0.25) is 0 Å². The molecule has 0 saturated carbocycles. The van der Waals surface area contributed by atoms with Gasteiger partial charge in [0.25, 0.3) is 0 Å². The van der Waals surface area contributed by atoms with E-state index in [1.54, 1.807) is 6.21 Å². The second-order valence-corrected chi connectivity index (χ2v) is 8.15. The normalized spacial score (nSPS) is 14.4. The van der Waals surface area contributed by atoms with E-state index >= 15 is 0 Å². The summed E-state index contributed by atoms with van der Waals surface area (Å²) >= 11 is 3.48. The third kappa shape index (κ3) is 3.30. The Kier molecular flexibility index (Phi) is 3.92. The van der Waals surface area contributed by atoms with Gasteiger partial charge in [-0.25, -0.2) is 9.19 Å². The van der Waals surface area contributed by atoms with E-state index in [2.05, 4.69) is 25.3 Å².